The maximum absolute atomic E-state index is 7.44. The van der Waals surface area contributed by atoms with Crippen LogP contribution in [-0.2, 0) is 0 Å². The molecule has 1 heterocycles. The molecule has 3 heteroatoms. The molecule has 1 fully saturated rings. The van der Waals surface area contributed by atoms with Gasteiger partial charge in [0.2, 0.25) is 0 Å². The average molecular weight is 175 g/mol. The largest absolute Gasteiger partial charge is 0.288 e. The zero-order chi connectivity index (χ0) is 7.56. The van der Waals surface area contributed by atoms with E-state index in [1.54, 1.807) is 23.5 Å². The Morgan fingerprint density at radius 2 is 1.60 bits per heavy atom. The van der Waals surface area contributed by atoms with Crippen LogP contribution in [0, 0.1) is 5.41 Å². The summed E-state index contributed by atoms with van der Waals surface area (Å²) in [5.41, 5.74) is 0. The maximum atomic E-state index is 7.44. The zero-order valence-electron chi connectivity index (χ0n) is 6.39. The van der Waals surface area contributed by atoms with Crippen LogP contribution >= 0.6 is 23.5 Å². The molecule has 0 aromatic rings. The van der Waals surface area contributed by atoms with Crippen LogP contribution in [0.25, 0.3) is 0 Å². The van der Waals surface area contributed by atoms with E-state index in [-0.39, 0.29) is 0 Å². The van der Waals surface area contributed by atoms with Crippen LogP contribution < -0.4 is 0 Å². The Morgan fingerprint density at radius 1 is 1.20 bits per heavy atom. The molecule has 10 heavy (non-hydrogen) atoms. The first kappa shape index (κ1) is 8.47. The zero-order valence-corrected chi connectivity index (χ0v) is 8.02. The highest BCUT2D eigenvalue weighted by atomic mass is 32.2. The van der Waals surface area contributed by atoms with Crippen LogP contribution in [0.15, 0.2) is 0 Å². The molecule has 1 nitrogen and oxygen atoms in total. The fraction of sp³-hybridized carbons (Fsp3) is 0.857. The molecule has 0 spiro atoms. The van der Waals surface area contributed by atoms with Crippen LogP contribution in [-0.4, -0.2) is 14.9 Å². The third-order valence-electron chi connectivity index (χ3n) is 1.74. The highest BCUT2D eigenvalue weighted by Gasteiger charge is 2.29. The molecule has 0 bridgehead atoms. The average Bonchev–Trinajstić information content (AvgIpc) is 2.30. The van der Waals surface area contributed by atoms with Crippen molar-refractivity contribution in [2.24, 2.45) is 0 Å². The Bertz CT molecular complexity index is 122. The SMILES string of the molecule is CC[C@@H]1SC(=N)S[C@H]1CC. The first-order valence-electron chi connectivity index (χ1n) is 3.69. The van der Waals surface area contributed by atoms with E-state index in [2.05, 4.69) is 13.8 Å². The third kappa shape index (κ3) is 1.70. The lowest BCUT2D eigenvalue weighted by Crippen LogP contribution is -2.12. The minimum atomic E-state index is 0.711. The minimum Gasteiger partial charge on any atom is -0.288 e. The van der Waals surface area contributed by atoms with Crippen LogP contribution in [0.2, 0.25) is 0 Å². The van der Waals surface area contributed by atoms with E-state index in [1.807, 2.05) is 0 Å². The van der Waals surface area contributed by atoms with Crippen molar-refractivity contribution in [3.8, 4) is 0 Å². The molecule has 0 radical (unpaired) electrons. The first-order chi connectivity index (χ1) is 4.77. The van der Waals surface area contributed by atoms with Crippen molar-refractivity contribution in [1.29, 1.82) is 5.41 Å². The van der Waals surface area contributed by atoms with Crippen molar-refractivity contribution in [2.45, 2.75) is 37.2 Å². The summed E-state index contributed by atoms with van der Waals surface area (Å²) in [5.74, 6) is 0. The second kappa shape index (κ2) is 3.67. The van der Waals surface area contributed by atoms with Gasteiger partial charge in [-0.2, -0.15) is 0 Å². The van der Waals surface area contributed by atoms with Crippen LogP contribution in [0.3, 0.4) is 0 Å². The molecule has 0 amide bonds. The summed E-state index contributed by atoms with van der Waals surface area (Å²) in [6.45, 7) is 4.42. The predicted molar refractivity (Wildman–Crippen MR) is 51.1 cm³/mol. The topological polar surface area (TPSA) is 23.9 Å². The Hall–Kier alpha value is 0.370. The number of hydrogen-bond acceptors (Lipinski definition) is 3. The Morgan fingerprint density at radius 3 is 1.90 bits per heavy atom. The van der Waals surface area contributed by atoms with E-state index in [1.165, 1.54) is 12.8 Å². The third-order valence-corrected chi connectivity index (χ3v) is 4.84. The summed E-state index contributed by atoms with van der Waals surface area (Å²) in [6, 6.07) is 0. The molecule has 0 aliphatic carbocycles. The minimum absolute atomic E-state index is 0.711. The van der Waals surface area contributed by atoms with Gasteiger partial charge in [-0.05, 0) is 12.8 Å². The van der Waals surface area contributed by atoms with Crippen LogP contribution in [0.1, 0.15) is 26.7 Å². The summed E-state index contributed by atoms with van der Waals surface area (Å²) in [5, 5.41) is 8.86. The molecule has 1 rings (SSSR count). The smallest absolute Gasteiger partial charge is 0.122 e. The summed E-state index contributed by atoms with van der Waals surface area (Å²) in [6.07, 6.45) is 2.41. The second-order valence-corrected chi connectivity index (χ2v) is 5.17. The molecule has 0 saturated carbocycles. The normalized spacial score (nSPS) is 33.2. The van der Waals surface area contributed by atoms with Crippen molar-refractivity contribution in [2.75, 3.05) is 0 Å². The van der Waals surface area contributed by atoms with Gasteiger partial charge in [0.25, 0.3) is 0 Å². The van der Waals surface area contributed by atoms with Gasteiger partial charge in [-0.1, -0.05) is 37.4 Å². The van der Waals surface area contributed by atoms with Crippen molar-refractivity contribution in [3.05, 3.63) is 0 Å². The Kier molecular flexibility index (Phi) is 3.11. The molecule has 0 unspecified atom stereocenters. The lowest BCUT2D eigenvalue weighted by atomic mass is 10.2. The molecule has 2 atom stereocenters. The number of hydrogen-bond donors (Lipinski definition) is 1. The lowest BCUT2D eigenvalue weighted by molar-refractivity contribution is 0.745. The van der Waals surface area contributed by atoms with Crippen molar-refractivity contribution < 1.29 is 0 Å². The number of nitrogens with one attached hydrogen (secondary N) is 1. The van der Waals surface area contributed by atoms with E-state index >= 15 is 0 Å². The summed E-state index contributed by atoms with van der Waals surface area (Å²) >= 11 is 3.49. The van der Waals surface area contributed by atoms with Gasteiger partial charge in [-0.3, -0.25) is 5.41 Å². The van der Waals surface area contributed by atoms with Gasteiger partial charge in [0.05, 0.1) is 0 Å². The molecule has 58 valence electrons. The highest BCUT2D eigenvalue weighted by Crippen LogP contribution is 2.41. The molecule has 1 aliphatic rings. The quantitative estimate of drug-likeness (QED) is 0.697. The molecular weight excluding hydrogens is 162 g/mol. The number of thioether (sulfide) groups is 2. The van der Waals surface area contributed by atoms with Gasteiger partial charge >= 0.3 is 0 Å². The number of rotatable bonds is 2. The Labute approximate surface area is 70.9 Å². The molecule has 1 N–H and O–H groups in total. The molecular formula is C7H13NS2. The van der Waals surface area contributed by atoms with E-state index in [9.17, 15) is 0 Å². The fourth-order valence-electron chi connectivity index (χ4n) is 1.15. The van der Waals surface area contributed by atoms with E-state index in [0.29, 0.717) is 10.5 Å². The lowest BCUT2D eigenvalue weighted by Gasteiger charge is -2.11. The van der Waals surface area contributed by atoms with Crippen molar-refractivity contribution >= 4 is 27.9 Å². The molecule has 1 aliphatic heterocycles. The predicted octanol–water partition coefficient (Wildman–Crippen LogP) is 2.96. The maximum Gasteiger partial charge on any atom is 0.122 e. The fourth-order valence-corrected chi connectivity index (χ4v) is 4.02. The van der Waals surface area contributed by atoms with E-state index < -0.39 is 0 Å². The van der Waals surface area contributed by atoms with E-state index in [0.717, 1.165) is 4.38 Å². The van der Waals surface area contributed by atoms with Gasteiger partial charge in [0, 0.05) is 10.5 Å². The van der Waals surface area contributed by atoms with Crippen molar-refractivity contribution in [3.63, 3.8) is 0 Å². The second-order valence-electron chi connectivity index (χ2n) is 2.42. The summed E-state index contributed by atoms with van der Waals surface area (Å²) < 4.78 is 0.818. The summed E-state index contributed by atoms with van der Waals surface area (Å²) in [7, 11) is 0. The van der Waals surface area contributed by atoms with Gasteiger partial charge in [0.15, 0.2) is 0 Å². The molecule has 1 saturated heterocycles. The molecule has 0 aromatic carbocycles. The Balaban J connectivity index is 2.48. The van der Waals surface area contributed by atoms with Gasteiger partial charge in [-0.15, -0.1) is 0 Å². The van der Waals surface area contributed by atoms with Crippen molar-refractivity contribution in [1.82, 2.24) is 0 Å². The van der Waals surface area contributed by atoms with Crippen LogP contribution in [0.5, 0.6) is 0 Å². The first-order valence-corrected chi connectivity index (χ1v) is 5.45. The molecule has 0 aromatic heterocycles. The monoisotopic (exact) mass is 175 g/mol. The van der Waals surface area contributed by atoms with Crippen LogP contribution in [0.4, 0.5) is 0 Å². The summed E-state index contributed by atoms with van der Waals surface area (Å²) in [4.78, 5) is 0. The highest BCUT2D eigenvalue weighted by molar-refractivity contribution is 8.41. The van der Waals surface area contributed by atoms with Gasteiger partial charge < -0.3 is 0 Å². The van der Waals surface area contributed by atoms with Gasteiger partial charge in [-0.25, -0.2) is 0 Å². The van der Waals surface area contributed by atoms with E-state index in [4.69, 9.17) is 5.41 Å². The van der Waals surface area contributed by atoms with Gasteiger partial charge in [0.1, 0.15) is 4.38 Å². The standard InChI is InChI=1S/C7H13NS2/c1-3-5-6(4-2)10-7(8)9-5/h5-6,8H,3-4H2,1-2H3/t5-,6-/m0/s1.